The smallest absolute Gasteiger partial charge is 0.340 e. The number of hydrogen-bond acceptors (Lipinski definition) is 6. The summed E-state index contributed by atoms with van der Waals surface area (Å²) in [4.78, 5) is 23.8. The van der Waals surface area contributed by atoms with Gasteiger partial charge in [0.2, 0.25) is 0 Å². The Morgan fingerprint density at radius 3 is 2.42 bits per heavy atom. The number of nitrogens with one attached hydrogen (secondary N) is 1. The molecule has 0 saturated carbocycles. The Balaban J connectivity index is 2.01. The van der Waals surface area contributed by atoms with E-state index in [0.29, 0.717) is 11.3 Å². The summed E-state index contributed by atoms with van der Waals surface area (Å²) in [5.41, 5.74) is 0.720. The second-order valence-electron chi connectivity index (χ2n) is 5.23. The van der Waals surface area contributed by atoms with E-state index in [9.17, 15) is 18.0 Å². The number of halogens is 1. The summed E-state index contributed by atoms with van der Waals surface area (Å²) in [5.74, 6) is -1.52. The van der Waals surface area contributed by atoms with Gasteiger partial charge in [0.1, 0.15) is 0 Å². The number of carbonyl (C=O) groups excluding carboxylic acids is 2. The van der Waals surface area contributed by atoms with Gasteiger partial charge in [-0.15, -0.1) is 0 Å². The third-order valence-corrected chi connectivity index (χ3v) is 4.66. The van der Waals surface area contributed by atoms with Crippen LogP contribution < -0.4 is 5.32 Å². The van der Waals surface area contributed by atoms with Gasteiger partial charge in [-0.25, -0.2) is 13.2 Å². The molecule has 0 aliphatic carbocycles. The van der Waals surface area contributed by atoms with Crippen molar-refractivity contribution in [2.75, 3.05) is 18.2 Å². The number of benzene rings is 2. The fourth-order valence-electron chi connectivity index (χ4n) is 1.93. The molecule has 0 radical (unpaired) electrons. The molecule has 2 aromatic carbocycles. The van der Waals surface area contributed by atoms with Crippen molar-refractivity contribution in [3.63, 3.8) is 0 Å². The lowest BCUT2D eigenvalue weighted by Gasteiger charge is -2.08. The maximum absolute atomic E-state index is 12.1. The molecule has 0 aliphatic heterocycles. The van der Waals surface area contributed by atoms with E-state index in [4.69, 9.17) is 21.6 Å². The van der Waals surface area contributed by atoms with Crippen LogP contribution in [0, 0.1) is 11.3 Å². The zero-order chi connectivity index (χ0) is 19.3. The average molecular weight is 393 g/mol. The summed E-state index contributed by atoms with van der Waals surface area (Å²) in [6, 6.07) is 11.7. The number of rotatable bonds is 5. The Bertz CT molecular complexity index is 995. The Kier molecular flexibility index (Phi) is 5.97. The van der Waals surface area contributed by atoms with Crippen molar-refractivity contribution >= 4 is 39.0 Å². The lowest BCUT2D eigenvalue weighted by atomic mass is 10.2. The van der Waals surface area contributed by atoms with Gasteiger partial charge in [-0.1, -0.05) is 11.6 Å². The quantitative estimate of drug-likeness (QED) is 0.781. The summed E-state index contributed by atoms with van der Waals surface area (Å²) in [5, 5.41) is 11.2. The highest BCUT2D eigenvalue weighted by atomic mass is 35.5. The molecule has 7 nitrogen and oxygen atoms in total. The number of carbonyl (C=O) groups is 2. The number of ether oxygens (including phenoxy) is 1. The van der Waals surface area contributed by atoms with Crippen LogP contribution in [0.3, 0.4) is 0 Å². The molecule has 0 fully saturated rings. The highest BCUT2D eigenvalue weighted by Gasteiger charge is 2.17. The van der Waals surface area contributed by atoms with Gasteiger partial charge in [0, 0.05) is 11.9 Å². The zero-order valence-electron chi connectivity index (χ0n) is 13.5. The molecular weight excluding hydrogens is 380 g/mol. The van der Waals surface area contributed by atoms with Crippen LogP contribution in [-0.2, 0) is 19.4 Å². The molecule has 0 atom stereocenters. The lowest BCUT2D eigenvalue weighted by Crippen LogP contribution is -2.21. The van der Waals surface area contributed by atoms with Gasteiger partial charge in [0.05, 0.1) is 27.1 Å². The molecule has 0 spiro atoms. The summed E-state index contributed by atoms with van der Waals surface area (Å²) < 4.78 is 28.0. The minimum Gasteiger partial charge on any atom is -0.452 e. The molecule has 0 saturated heterocycles. The predicted octanol–water partition coefficient (Wildman–Crippen LogP) is 2.41. The van der Waals surface area contributed by atoms with E-state index < -0.39 is 28.3 Å². The van der Waals surface area contributed by atoms with E-state index in [2.05, 4.69) is 5.32 Å². The van der Waals surface area contributed by atoms with Crippen molar-refractivity contribution in [1.82, 2.24) is 0 Å². The fourth-order valence-corrected chi connectivity index (χ4v) is 2.77. The van der Waals surface area contributed by atoms with Crippen molar-refractivity contribution in [3.8, 4) is 6.07 Å². The molecule has 0 aliphatic rings. The van der Waals surface area contributed by atoms with Crippen LogP contribution in [0.2, 0.25) is 5.02 Å². The number of sulfone groups is 1. The van der Waals surface area contributed by atoms with Crippen LogP contribution in [-0.4, -0.2) is 33.2 Å². The molecule has 2 rings (SSSR count). The topological polar surface area (TPSA) is 113 Å². The van der Waals surface area contributed by atoms with E-state index in [1.54, 1.807) is 0 Å². The Morgan fingerprint density at radius 1 is 1.19 bits per heavy atom. The van der Waals surface area contributed by atoms with Crippen LogP contribution in [0.4, 0.5) is 5.69 Å². The number of hydrogen-bond donors (Lipinski definition) is 1. The Labute approximate surface area is 155 Å². The first-order chi connectivity index (χ1) is 12.2. The highest BCUT2D eigenvalue weighted by molar-refractivity contribution is 7.90. The van der Waals surface area contributed by atoms with Crippen molar-refractivity contribution < 1.29 is 22.7 Å². The van der Waals surface area contributed by atoms with Crippen LogP contribution in [0.1, 0.15) is 15.9 Å². The van der Waals surface area contributed by atoms with Gasteiger partial charge >= 0.3 is 5.97 Å². The van der Waals surface area contributed by atoms with Crippen LogP contribution in [0.5, 0.6) is 0 Å². The standard InChI is InChI=1S/C17H13ClN2O5S/c1-26(23,24)13-6-7-15(18)14(8-13)17(22)25-10-16(21)20-12-4-2-11(9-19)3-5-12/h2-8H,10H2,1H3,(H,20,21). The van der Waals surface area contributed by atoms with E-state index >= 15 is 0 Å². The molecule has 2 aromatic rings. The average Bonchev–Trinajstić information content (AvgIpc) is 2.59. The van der Waals surface area contributed by atoms with E-state index in [0.717, 1.165) is 12.3 Å². The first-order valence-electron chi connectivity index (χ1n) is 7.17. The predicted molar refractivity (Wildman–Crippen MR) is 94.6 cm³/mol. The molecule has 1 N–H and O–H groups in total. The van der Waals surface area contributed by atoms with Crippen LogP contribution in [0.25, 0.3) is 0 Å². The van der Waals surface area contributed by atoms with E-state index in [-0.39, 0.29) is 15.5 Å². The first kappa shape index (κ1) is 19.4. The monoisotopic (exact) mass is 392 g/mol. The zero-order valence-corrected chi connectivity index (χ0v) is 15.1. The minimum atomic E-state index is -3.52. The molecule has 0 heterocycles. The summed E-state index contributed by atoms with van der Waals surface area (Å²) in [7, 11) is -3.52. The van der Waals surface area contributed by atoms with Gasteiger partial charge in [0.25, 0.3) is 5.91 Å². The van der Waals surface area contributed by atoms with Crippen LogP contribution in [0.15, 0.2) is 47.4 Å². The highest BCUT2D eigenvalue weighted by Crippen LogP contribution is 2.21. The van der Waals surface area contributed by atoms with Gasteiger partial charge in [0.15, 0.2) is 16.4 Å². The SMILES string of the molecule is CS(=O)(=O)c1ccc(Cl)c(C(=O)OCC(=O)Nc2ccc(C#N)cc2)c1. The molecule has 0 aromatic heterocycles. The van der Waals surface area contributed by atoms with E-state index in [1.165, 1.54) is 36.4 Å². The second-order valence-corrected chi connectivity index (χ2v) is 7.65. The first-order valence-corrected chi connectivity index (χ1v) is 9.44. The Morgan fingerprint density at radius 2 is 1.85 bits per heavy atom. The molecule has 26 heavy (non-hydrogen) atoms. The normalized spacial score (nSPS) is 10.7. The van der Waals surface area contributed by atoms with Gasteiger partial charge < -0.3 is 10.1 Å². The third-order valence-electron chi connectivity index (χ3n) is 3.22. The largest absolute Gasteiger partial charge is 0.452 e. The number of nitrogens with zero attached hydrogens (tertiary/aromatic N) is 1. The van der Waals surface area contributed by atoms with Crippen molar-refractivity contribution in [3.05, 3.63) is 58.6 Å². The number of esters is 1. The molecule has 9 heteroatoms. The van der Waals surface area contributed by atoms with Crippen molar-refractivity contribution in [2.24, 2.45) is 0 Å². The van der Waals surface area contributed by atoms with Gasteiger partial charge in [-0.05, 0) is 42.5 Å². The van der Waals surface area contributed by atoms with Crippen molar-refractivity contribution in [1.29, 1.82) is 5.26 Å². The summed E-state index contributed by atoms with van der Waals surface area (Å²) in [6.07, 6.45) is 0.996. The fraction of sp³-hybridized carbons (Fsp3) is 0.118. The molecule has 0 bridgehead atoms. The maximum Gasteiger partial charge on any atom is 0.340 e. The van der Waals surface area contributed by atoms with Crippen LogP contribution >= 0.6 is 11.6 Å². The number of nitriles is 1. The number of anilines is 1. The van der Waals surface area contributed by atoms with E-state index in [1.807, 2.05) is 6.07 Å². The Hall–Kier alpha value is -2.89. The maximum atomic E-state index is 12.1. The summed E-state index contributed by atoms with van der Waals surface area (Å²) in [6.45, 7) is -0.585. The molecular formula is C17H13ClN2O5S. The van der Waals surface area contributed by atoms with Gasteiger partial charge in [-0.2, -0.15) is 5.26 Å². The summed E-state index contributed by atoms with van der Waals surface area (Å²) >= 11 is 5.89. The number of amides is 1. The lowest BCUT2D eigenvalue weighted by molar-refractivity contribution is -0.119. The minimum absolute atomic E-state index is 0.00917. The molecule has 0 unspecified atom stereocenters. The molecule has 1 amide bonds. The second kappa shape index (κ2) is 7.99. The van der Waals surface area contributed by atoms with Crippen molar-refractivity contribution in [2.45, 2.75) is 4.90 Å². The molecule has 134 valence electrons. The third kappa shape index (κ3) is 5.05. The van der Waals surface area contributed by atoms with Gasteiger partial charge in [-0.3, -0.25) is 4.79 Å².